The van der Waals surface area contributed by atoms with Gasteiger partial charge in [0.1, 0.15) is 0 Å². The number of hydrogen-bond donors (Lipinski definition) is 0. The van der Waals surface area contributed by atoms with Gasteiger partial charge >= 0.3 is 0 Å². The molecule has 22 heavy (non-hydrogen) atoms. The van der Waals surface area contributed by atoms with Crippen LogP contribution in [0.2, 0.25) is 0 Å². The third-order valence-corrected chi connectivity index (χ3v) is 6.19. The van der Waals surface area contributed by atoms with Crippen molar-refractivity contribution in [1.82, 2.24) is 0 Å². The van der Waals surface area contributed by atoms with E-state index in [2.05, 4.69) is 13.0 Å². The zero-order valence-corrected chi connectivity index (χ0v) is 14.3. The third kappa shape index (κ3) is 5.64. The van der Waals surface area contributed by atoms with E-state index in [9.17, 15) is 0 Å². The molecule has 0 spiro atoms. The summed E-state index contributed by atoms with van der Waals surface area (Å²) in [6, 6.07) is 2.02. The lowest BCUT2D eigenvalue weighted by atomic mass is 9.68. The summed E-state index contributed by atoms with van der Waals surface area (Å²) >= 11 is 0. The van der Waals surface area contributed by atoms with Gasteiger partial charge in [0.15, 0.2) is 0 Å². The van der Waals surface area contributed by atoms with Crippen LogP contribution in [0.25, 0.3) is 0 Å². The quantitative estimate of drug-likeness (QED) is 0.410. The molecular formula is C21H33N. The van der Waals surface area contributed by atoms with Crippen LogP contribution in [0.4, 0.5) is 0 Å². The second kappa shape index (κ2) is 9.88. The molecule has 1 nitrogen and oxygen atoms in total. The molecule has 0 saturated heterocycles. The molecule has 2 saturated carbocycles. The van der Waals surface area contributed by atoms with Crippen LogP contribution in [-0.2, 0) is 0 Å². The fourth-order valence-corrected chi connectivity index (χ4v) is 4.62. The fraction of sp³-hybridized carbons (Fsp3) is 0.762. The standard InChI is InChI=1S/C21H33N/c1-2-18-9-13-20(14-10-18)21-15-11-19(12-16-21)8-6-4-3-5-7-17-22/h3-5,7,18-21H,2,6,8-16H2,1H3/t18-,19?,20-,21?. The lowest BCUT2D eigenvalue weighted by Crippen LogP contribution is -2.25. The second-order valence-corrected chi connectivity index (χ2v) is 7.46. The maximum absolute atomic E-state index is 8.42. The van der Waals surface area contributed by atoms with Crippen molar-refractivity contribution in [2.24, 2.45) is 23.7 Å². The van der Waals surface area contributed by atoms with Gasteiger partial charge in [-0.15, -0.1) is 0 Å². The van der Waals surface area contributed by atoms with Gasteiger partial charge < -0.3 is 0 Å². The van der Waals surface area contributed by atoms with Crippen LogP contribution >= 0.6 is 0 Å². The molecular weight excluding hydrogens is 266 g/mol. The molecule has 0 aromatic heterocycles. The Balaban J connectivity index is 1.61. The number of rotatable bonds is 6. The van der Waals surface area contributed by atoms with Gasteiger partial charge in [-0.3, -0.25) is 0 Å². The van der Waals surface area contributed by atoms with Crippen LogP contribution in [0.15, 0.2) is 24.3 Å². The van der Waals surface area contributed by atoms with Crippen molar-refractivity contribution in [1.29, 1.82) is 5.26 Å². The van der Waals surface area contributed by atoms with Crippen molar-refractivity contribution in [3.8, 4) is 6.07 Å². The van der Waals surface area contributed by atoms with E-state index in [0.717, 1.165) is 23.7 Å². The Hall–Kier alpha value is -1.03. The zero-order chi connectivity index (χ0) is 15.6. The molecule has 2 aliphatic carbocycles. The smallest absolute Gasteiger partial charge is 0.0912 e. The second-order valence-electron chi connectivity index (χ2n) is 7.46. The van der Waals surface area contributed by atoms with Gasteiger partial charge in [0.2, 0.25) is 0 Å². The van der Waals surface area contributed by atoms with Gasteiger partial charge in [-0.25, -0.2) is 0 Å². The average molecular weight is 300 g/mol. The van der Waals surface area contributed by atoms with Gasteiger partial charge in [-0.2, -0.15) is 5.26 Å². The summed E-state index contributed by atoms with van der Waals surface area (Å²) in [4.78, 5) is 0. The molecule has 122 valence electrons. The van der Waals surface area contributed by atoms with Crippen LogP contribution < -0.4 is 0 Å². The lowest BCUT2D eigenvalue weighted by Gasteiger charge is -2.37. The Bertz CT molecular complexity index is 385. The molecule has 0 aromatic carbocycles. The number of allylic oxidation sites excluding steroid dienone is 4. The van der Waals surface area contributed by atoms with Crippen LogP contribution in [-0.4, -0.2) is 0 Å². The third-order valence-electron chi connectivity index (χ3n) is 6.19. The highest BCUT2D eigenvalue weighted by Gasteiger charge is 2.30. The van der Waals surface area contributed by atoms with Gasteiger partial charge in [0.05, 0.1) is 6.07 Å². The lowest BCUT2D eigenvalue weighted by molar-refractivity contribution is 0.143. The van der Waals surface area contributed by atoms with E-state index in [1.165, 1.54) is 76.7 Å². The highest BCUT2D eigenvalue weighted by atomic mass is 14.4. The van der Waals surface area contributed by atoms with Crippen LogP contribution in [0.3, 0.4) is 0 Å². The molecule has 2 fully saturated rings. The Morgan fingerprint density at radius 3 is 2.00 bits per heavy atom. The first-order valence-electron chi connectivity index (χ1n) is 9.54. The van der Waals surface area contributed by atoms with E-state index >= 15 is 0 Å². The van der Waals surface area contributed by atoms with Crippen LogP contribution in [0, 0.1) is 35.0 Å². The molecule has 0 amide bonds. The minimum absolute atomic E-state index is 0.952. The average Bonchev–Trinajstić information content (AvgIpc) is 2.59. The molecule has 0 atom stereocenters. The number of hydrogen-bond acceptors (Lipinski definition) is 1. The SMILES string of the molecule is CC[C@H]1CC[C@H](C2CCC(CCC=CC=CC#N)CC2)CC1. The van der Waals surface area contributed by atoms with Crippen LogP contribution in [0.5, 0.6) is 0 Å². The van der Waals surface area contributed by atoms with Crippen molar-refractivity contribution in [2.75, 3.05) is 0 Å². The van der Waals surface area contributed by atoms with Gasteiger partial charge in [-0.1, -0.05) is 57.3 Å². The molecule has 0 aliphatic heterocycles. The van der Waals surface area contributed by atoms with E-state index in [4.69, 9.17) is 5.26 Å². The molecule has 0 N–H and O–H groups in total. The first kappa shape index (κ1) is 17.3. The number of nitriles is 1. The van der Waals surface area contributed by atoms with Crippen molar-refractivity contribution < 1.29 is 0 Å². The molecule has 0 bridgehead atoms. The zero-order valence-electron chi connectivity index (χ0n) is 14.3. The molecule has 2 rings (SSSR count). The predicted octanol–water partition coefficient (Wildman–Crippen LogP) is 6.43. The molecule has 0 unspecified atom stereocenters. The molecule has 0 heterocycles. The molecule has 0 radical (unpaired) electrons. The van der Waals surface area contributed by atoms with Crippen molar-refractivity contribution in [3.63, 3.8) is 0 Å². The van der Waals surface area contributed by atoms with Crippen molar-refractivity contribution in [3.05, 3.63) is 24.3 Å². The summed E-state index contributed by atoms with van der Waals surface area (Å²) in [5.41, 5.74) is 0. The van der Waals surface area contributed by atoms with Crippen molar-refractivity contribution in [2.45, 2.75) is 77.6 Å². The maximum Gasteiger partial charge on any atom is 0.0912 e. The summed E-state index contributed by atoms with van der Waals surface area (Å²) in [5, 5.41) is 8.42. The van der Waals surface area contributed by atoms with E-state index in [-0.39, 0.29) is 0 Å². The maximum atomic E-state index is 8.42. The largest absolute Gasteiger partial charge is 0.193 e. The first-order chi connectivity index (χ1) is 10.8. The fourth-order valence-electron chi connectivity index (χ4n) is 4.62. The molecule has 0 aromatic rings. The molecule has 1 heteroatoms. The summed E-state index contributed by atoms with van der Waals surface area (Å²) in [5.74, 6) is 4.09. The predicted molar refractivity (Wildman–Crippen MR) is 94.3 cm³/mol. The minimum Gasteiger partial charge on any atom is -0.193 e. The highest BCUT2D eigenvalue weighted by molar-refractivity contribution is 5.11. The first-order valence-corrected chi connectivity index (χ1v) is 9.54. The van der Waals surface area contributed by atoms with E-state index in [1.54, 1.807) is 0 Å². The molecule has 2 aliphatic rings. The highest BCUT2D eigenvalue weighted by Crippen LogP contribution is 2.42. The van der Waals surface area contributed by atoms with Gasteiger partial charge in [0, 0.05) is 6.08 Å². The van der Waals surface area contributed by atoms with E-state index in [0.29, 0.717) is 0 Å². The monoisotopic (exact) mass is 299 g/mol. The van der Waals surface area contributed by atoms with Gasteiger partial charge in [-0.05, 0) is 62.2 Å². The van der Waals surface area contributed by atoms with Crippen LogP contribution in [0.1, 0.15) is 77.6 Å². The Labute approximate surface area is 137 Å². The van der Waals surface area contributed by atoms with Crippen molar-refractivity contribution >= 4 is 0 Å². The Kier molecular flexibility index (Phi) is 7.78. The summed E-state index contributed by atoms with van der Waals surface area (Å²) in [7, 11) is 0. The topological polar surface area (TPSA) is 23.8 Å². The minimum atomic E-state index is 0.952. The Morgan fingerprint density at radius 1 is 0.864 bits per heavy atom. The normalized spacial score (nSPS) is 33.3. The summed E-state index contributed by atoms with van der Waals surface area (Å²) < 4.78 is 0. The van der Waals surface area contributed by atoms with E-state index < -0.39 is 0 Å². The summed E-state index contributed by atoms with van der Waals surface area (Å²) in [6.07, 6.45) is 23.4. The van der Waals surface area contributed by atoms with E-state index in [1.807, 2.05) is 18.2 Å². The van der Waals surface area contributed by atoms with Gasteiger partial charge in [0.25, 0.3) is 0 Å². The summed E-state index contributed by atoms with van der Waals surface area (Å²) in [6.45, 7) is 2.36. The Morgan fingerprint density at radius 2 is 1.45 bits per heavy atom. The number of nitrogens with zero attached hydrogens (tertiary/aromatic N) is 1.